The molecule has 0 aliphatic carbocycles. The van der Waals surface area contributed by atoms with Gasteiger partial charge in [-0.2, -0.15) is 0 Å². The first kappa shape index (κ1) is 18.2. The summed E-state index contributed by atoms with van der Waals surface area (Å²) in [4.78, 5) is 2.00. The number of benzene rings is 3. The Hall–Kier alpha value is -2.56. The topological polar surface area (TPSA) is 35.5 Å². The minimum absolute atomic E-state index is 0.204. The van der Waals surface area contributed by atoms with Gasteiger partial charge in [-0.3, -0.25) is 0 Å². The lowest BCUT2D eigenvalue weighted by atomic mass is 10.1. The number of phenolic OH excluding ortho intramolecular Hbond substituents is 1. The van der Waals surface area contributed by atoms with Crippen molar-refractivity contribution in [2.75, 3.05) is 5.32 Å². The van der Waals surface area contributed by atoms with Crippen LogP contribution in [0.2, 0.25) is 5.02 Å². The molecule has 3 nitrogen and oxygen atoms in total. The van der Waals surface area contributed by atoms with Gasteiger partial charge in [0.1, 0.15) is 5.75 Å². The number of hydrogen-bond donors (Lipinski definition) is 2. The molecule has 0 saturated carbocycles. The van der Waals surface area contributed by atoms with Gasteiger partial charge in [0, 0.05) is 29.4 Å². The number of nitrogens with one attached hydrogen (secondary N) is 1. The highest BCUT2D eigenvalue weighted by molar-refractivity contribution is 7.80. The summed E-state index contributed by atoms with van der Waals surface area (Å²) in [5, 5.41) is 14.6. The van der Waals surface area contributed by atoms with Gasteiger partial charge in [-0.15, -0.1) is 0 Å². The van der Waals surface area contributed by atoms with E-state index in [4.69, 9.17) is 23.8 Å². The van der Waals surface area contributed by atoms with Crippen LogP contribution in [-0.4, -0.2) is 15.1 Å². The molecule has 0 unspecified atom stereocenters. The van der Waals surface area contributed by atoms with Gasteiger partial charge in [0.2, 0.25) is 0 Å². The van der Waals surface area contributed by atoms with Crippen LogP contribution < -0.4 is 5.32 Å². The van der Waals surface area contributed by atoms with Crippen LogP contribution >= 0.6 is 23.8 Å². The maximum absolute atomic E-state index is 10.2. The molecule has 0 aromatic heterocycles. The summed E-state index contributed by atoms with van der Waals surface area (Å²) in [6.07, 6.45) is 0. The van der Waals surface area contributed by atoms with E-state index in [0.29, 0.717) is 23.2 Å². The number of aromatic hydroxyl groups is 1. The van der Waals surface area contributed by atoms with E-state index in [1.54, 1.807) is 18.2 Å². The molecule has 0 heterocycles. The molecule has 0 saturated heterocycles. The fourth-order valence-electron chi connectivity index (χ4n) is 2.61. The maximum Gasteiger partial charge on any atom is 0.174 e. The first-order chi connectivity index (χ1) is 12.6. The van der Waals surface area contributed by atoms with Crippen molar-refractivity contribution < 1.29 is 5.11 Å². The summed E-state index contributed by atoms with van der Waals surface area (Å²) in [5.74, 6) is 0.204. The Balaban J connectivity index is 1.83. The molecule has 0 aliphatic heterocycles. The van der Waals surface area contributed by atoms with Gasteiger partial charge < -0.3 is 15.3 Å². The number of rotatable bonds is 5. The second kappa shape index (κ2) is 8.70. The summed E-state index contributed by atoms with van der Waals surface area (Å²) in [6, 6.07) is 24.9. The lowest BCUT2D eigenvalue weighted by Gasteiger charge is -2.26. The molecule has 2 N–H and O–H groups in total. The average molecular weight is 383 g/mol. The van der Waals surface area contributed by atoms with Gasteiger partial charge in [-0.1, -0.05) is 60.1 Å². The van der Waals surface area contributed by atoms with Crippen LogP contribution in [0.15, 0.2) is 78.9 Å². The molecule has 3 aromatic carbocycles. The smallest absolute Gasteiger partial charge is 0.174 e. The second-order valence-corrected chi connectivity index (χ2v) is 6.73. The van der Waals surface area contributed by atoms with Crippen LogP contribution in [0.4, 0.5) is 5.69 Å². The Kier molecular flexibility index (Phi) is 6.10. The maximum atomic E-state index is 10.2. The third kappa shape index (κ3) is 4.97. The molecule has 3 aromatic rings. The van der Waals surface area contributed by atoms with E-state index in [1.165, 1.54) is 0 Å². The van der Waals surface area contributed by atoms with Crippen LogP contribution in [0.1, 0.15) is 11.1 Å². The zero-order valence-corrected chi connectivity index (χ0v) is 15.7. The Labute approximate surface area is 163 Å². The quantitative estimate of drug-likeness (QED) is 0.575. The van der Waals surface area contributed by atoms with Gasteiger partial charge in [-0.25, -0.2) is 0 Å². The molecule has 132 valence electrons. The number of anilines is 1. The molecule has 0 aliphatic rings. The summed E-state index contributed by atoms with van der Waals surface area (Å²) in [6.45, 7) is 1.06. The summed E-state index contributed by atoms with van der Waals surface area (Å²) in [5.41, 5.74) is 2.78. The van der Waals surface area contributed by atoms with Crippen molar-refractivity contribution in [2.45, 2.75) is 13.1 Å². The summed E-state index contributed by atoms with van der Waals surface area (Å²) >= 11 is 11.7. The number of thiocarbonyl (C=S) groups is 1. The van der Waals surface area contributed by atoms with Gasteiger partial charge in [0.15, 0.2) is 5.11 Å². The van der Waals surface area contributed by atoms with Crippen LogP contribution in [0.5, 0.6) is 5.75 Å². The highest BCUT2D eigenvalue weighted by Gasteiger charge is 2.14. The van der Waals surface area contributed by atoms with E-state index in [-0.39, 0.29) is 5.75 Å². The van der Waals surface area contributed by atoms with Crippen LogP contribution in [-0.2, 0) is 13.1 Å². The number of para-hydroxylation sites is 1. The molecule has 3 rings (SSSR count). The van der Waals surface area contributed by atoms with Crippen molar-refractivity contribution in [3.63, 3.8) is 0 Å². The second-order valence-electron chi connectivity index (χ2n) is 5.91. The number of hydrogen-bond acceptors (Lipinski definition) is 2. The Morgan fingerprint density at radius 1 is 0.923 bits per heavy atom. The van der Waals surface area contributed by atoms with Crippen molar-refractivity contribution >= 4 is 34.6 Å². The highest BCUT2D eigenvalue weighted by Crippen LogP contribution is 2.24. The van der Waals surface area contributed by atoms with Crippen LogP contribution in [0.25, 0.3) is 0 Å². The Morgan fingerprint density at radius 3 is 2.27 bits per heavy atom. The van der Waals surface area contributed by atoms with Gasteiger partial charge >= 0.3 is 0 Å². The van der Waals surface area contributed by atoms with Crippen molar-refractivity contribution in [1.29, 1.82) is 0 Å². The van der Waals surface area contributed by atoms with Gasteiger partial charge in [0.05, 0.1) is 0 Å². The van der Waals surface area contributed by atoms with Crippen molar-refractivity contribution in [1.82, 2.24) is 4.90 Å². The molecular weight excluding hydrogens is 364 g/mol. The number of nitrogens with zero attached hydrogens (tertiary/aromatic N) is 1. The highest BCUT2D eigenvalue weighted by atomic mass is 35.5. The summed E-state index contributed by atoms with van der Waals surface area (Å²) in [7, 11) is 0. The molecule has 26 heavy (non-hydrogen) atoms. The molecule has 0 atom stereocenters. The monoisotopic (exact) mass is 382 g/mol. The van der Waals surface area contributed by atoms with Gasteiger partial charge in [0.25, 0.3) is 0 Å². The molecule has 0 amide bonds. The van der Waals surface area contributed by atoms with E-state index < -0.39 is 0 Å². The fourth-order valence-corrected chi connectivity index (χ4v) is 3.06. The summed E-state index contributed by atoms with van der Waals surface area (Å²) < 4.78 is 0. The molecule has 0 bridgehead atoms. The lowest BCUT2D eigenvalue weighted by molar-refractivity contribution is 0.395. The van der Waals surface area contributed by atoms with Crippen molar-refractivity contribution in [3.8, 4) is 5.75 Å². The Bertz CT molecular complexity index is 872. The standard InChI is InChI=1S/C21H19ClN2OS/c22-18-11-12-20(25)17(13-18)15-24(14-16-7-3-1-4-8-16)21(26)23-19-9-5-2-6-10-19/h1-13,25H,14-15H2,(H,23,26). The zero-order valence-electron chi connectivity index (χ0n) is 14.1. The van der Waals surface area contributed by atoms with Crippen molar-refractivity contribution in [2.24, 2.45) is 0 Å². The lowest BCUT2D eigenvalue weighted by Crippen LogP contribution is -2.33. The van der Waals surface area contributed by atoms with E-state index in [0.717, 1.165) is 16.8 Å². The van der Waals surface area contributed by atoms with E-state index in [9.17, 15) is 5.11 Å². The number of halogens is 1. The normalized spacial score (nSPS) is 10.3. The van der Waals surface area contributed by atoms with Crippen molar-refractivity contribution in [3.05, 3.63) is 95.0 Å². The van der Waals surface area contributed by atoms with Gasteiger partial charge in [-0.05, 0) is 48.1 Å². The van der Waals surface area contributed by atoms with E-state index in [1.807, 2.05) is 53.4 Å². The molecule has 0 radical (unpaired) electrons. The fraction of sp³-hybridized carbons (Fsp3) is 0.0952. The SMILES string of the molecule is Oc1ccc(Cl)cc1CN(Cc1ccccc1)C(=S)Nc1ccccc1. The molecule has 0 spiro atoms. The Morgan fingerprint density at radius 2 is 1.58 bits per heavy atom. The number of phenols is 1. The largest absolute Gasteiger partial charge is 0.508 e. The first-order valence-electron chi connectivity index (χ1n) is 8.24. The zero-order chi connectivity index (χ0) is 18.4. The molecule has 0 fully saturated rings. The van der Waals surface area contributed by atoms with E-state index in [2.05, 4.69) is 17.4 Å². The predicted molar refractivity (Wildman–Crippen MR) is 111 cm³/mol. The third-order valence-electron chi connectivity index (χ3n) is 3.93. The van der Waals surface area contributed by atoms with Crippen LogP contribution in [0.3, 0.4) is 0 Å². The minimum Gasteiger partial charge on any atom is -0.508 e. The third-order valence-corrected chi connectivity index (χ3v) is 4.53. The molecular formula is C21H19ClN2OS. The minimum atomic E-state index is 0.204. The molecule has 5 heteroatoms. The average Bonchev–Trinajstić information content (AvgIpc) is 2.66. The van der Waals surface area contributed by atoms with Crippen LogP contribution in [0, 0.1) is 0 Å². The van der Waals surface area contributed by atoms with E-state index >= 15 is 0 Å². The first-order valence-corrected chi connectivity index (χ1v) is 9.03. The predicted octanol–water partition coefficient (Wildman–Crippen LogP) is 5.44.